The first kappa shape index (κ1) is 14.0. The van der Waals surface area contributed by atoms with E-state index in [4.69, 9.17) is 9.26 Å². The molecule has 1 aliphatic rings. The molecule has 112 valence electrons. The Labute approximate surface area is 123 Å². The van der Waals surface area contributed by atoms with E-state index in [2.05, 4.69) is 15.5 Å². The zero-order chi connectivity index (χ0) is 14.7. The van der Waals surface area contributed by atoms with Gasteiger partial charge in [-0.3, -0.25) is 0 Å². The van der Waals surface area contributed by atoms with Gasteiger partial charge in [-0.1, -0.05) is 17.3 Å². The van der Waals surface area contributed by atoms with Crippen molar-refractivity contribution in [2.45, 2.75) is 25.4 Å². The summed E-state index contributed by atoms with van der Waals surface area (Å²) in [6.07, 6.45) is 1.15. The number of hydrogen-bond acceptors (Lipinski definition) is 6. The zero-order valence-corrected chi connectivity index (χ0v) is 12.0. The number of benzene rings is 1. The van der Waals surface area contributed by atoms with E-state index in [1.54, 1.807) is 0 Å². The number of ether oxygens (including phenoxy) is 1. The molecule has 0 amide bonds. The van der Waals surface area contributed by atoms with E-state index >= 15 is 0 Å². The lowest BCUT2D eigenvalue weighted by molar-refractivity contribution is -0.0228. The number of hydrogen-bond donors (Lipinski definition) is 2. The van der Waals surface area contributed by atoms with Gasteiger partial charge in [0.2, 0.25) is 5.82 Å². The second-order valence-corrected chi connectivity index (χ2v) is 5.17. The third kappa shape index (κ3) is 2.91. The fourth-order valence-corrected chi connectivity index (χ4v) is 2.48. The highest BCUT2D eigenvalue weighted by Crippen LogP contribution is 2.31. The standard InChI is InChI=1S/C15H19N3O3/c1-2-20-12-5-3-4-11(10-12)13-17-14(21-18-13)15(19)6-8-16-9-7-15/h3-5,10,16,19H,2,6-9H2,1H3. The van der Waals surface area contributed by atoms with Crippen LogP contribution in [0.2, 0.25) is 0 Å². The molecule has 2 N–H and O–H groups in total. The van der Waals surface area contributed by atoms with Gasteiger partial charge in [0.05, 0.1) is 6.61 Å². The molecular weight excluding hydrogens is 270 g/mol. The Morgan fingerprint density at radius 2 is 2.19 bits per heavy atom. The summed E-state index contributed by atoms with van der Waals surface area (Å²) >= 11 is 0. The molecule has 1 aliphatic heterocycles. The summed E-state index contributed by atoms with van der Waals surface area (Å²) in [5, 5.41) is 17.8. The second kappa shape index (κ2) is 5.83. The maximum Gasteiger partial charge on any atom is 0.259 e. The van der Waals surface area contributed by atoms with Gasteiger partial charge in [0.25, 0.3) is 5.89 Å². The van der Waals surface area contributed by atoms with Crippen LogP contribution in [0, 0.1) is 0 Å². The lowest BCUT2D eigenvalue weighted by atomic mass is 9.92. The molecule has 0 unspecified atom stereocenters. The third-order valence-electron chi connectivity index (χ3n) is 3.66. The van der Waals surface area contributed by atoms with E-state index in [1.807, 2.05) is 31.2 Å². The van der Waals surface area contributed by atoms with Gasteiger partial charge in [0.15, 0.2) is 0 Å². The Kier molecular flexibility index (Phi) is 3.90. The topological polar surface area (TPSA) is 80.4 Å². The normalized spacial score (nSPS) is 17.6. The minimum Gasteiger partial charge on any atom is -0.494 e. The van der Waals surface area contributed by atoms with Crippen LogP contribution in [0.4, 0.5) is 0 Å². The molecule has 3 rings (SSSR count). The van der Waals surface area contributed by atoms with E-state index in [0.29, 0.717) is 31.2 Å². The quantitative estimate of drug-likeness (QED) is 0.892. The highest BCUT2D eigenvalue weighted by molar-refractivity contribution is 5.56. The number of piperidine rings is 1. The van der Waals surface area contributed by atoms with Crippen LogP contribution in [0.25, 0.3) is 11.4 Å². The first-order valence-electron chi connectivity index (χ1n) is 7.22. The van der Waals surface area contributed by atoms with Crippen molar-refractivity contribution in [1.29, 1.82) is 0 Å². The van der Waals surface area contributed by atoms with Gasteiger partial charge >= 0.3 is 0 Å². The lowest BCUT2D eigenvalue weighted by Gasteiger charge is -2.28. The van der Waals surface area contributed by atoms with Gasteiger partial charge in [-0.25, -0.2) is 0 Å². The molecule has 1 saturated heterocycles. The first-order chi connectivity index (χ1) is 10.2. The number of rotatable bonds is 4. The largest absolute Gasteiger partial charge is 0.494 e. The van der Waals surface area contributed by atoms with Gasteiger partial charge < -0.3 is 19.7 Å². The Hall–Kier alpha value is -1.92. The summed E-state index contributed by atoms with van der Waals surface area (Å²) in [7, 11) is 0. The smallest absolute Gasteiger partial charge is 0.259 e. The Balaban J connectivity index is 1.86. The number of nitrogens with one attached hydrogen (secondary N) is 1. The van der Waals surface area contributed by atoms with Crippen molar-refractivity contribution >= 4 is 0 Å². The van der Waals surface area contributed by atoms with Crippen LogP contribution in [0.3, 0.4) is 0 Å². The van der Waals surface area contributed by atoms with Gasteiger partial charge in [-0.05, 0) is 45.0 Å². The van der Waals surface area contributed by atoms with E-state index < -0.39 is 5.60 Å². The summed E-state index contributed by atoms with van der Waals surface area (Å²) in [6, 6.07) is 7.53. The van der Waals surface area contributed by atoms with Crippen molar-refractivity contribution in [3.63, 3.8) is 0 Å². The summed E-state index contributed by atoms with van der Waals surface area (Å²) < 4.78 is 10.7. The molecule has 1 aromatic carbocycles. The maximum absolute atomic E-state index is 10.6. The molecule has 2 aromatic rings. The molecule has 1 aromatic heterocycles. The van der Waals surface area contributed by atoms with Crippen molar-refractivity contribution in [1.82, 2.24) is 15.5 Å². The van der Waals surface area contributed by atoms with Gasteiger partial charge in [0.1, 0.15) is 11.4 Å². The molecule has 0 spiro atoms. The summed E-state index contributed by atoms with van der Waals surface area (Å²) in [5.41, 5.74) is -0.206. The predicted molar refractivity (Wildman–Crippen MR) is 76.9 cm³/mol. The zero-order valence-electron chi connectivity index (χ0n) is 12.0. The number of aliphatic hydroxyl groups is 1. The van der Waals surface area contributed by atoms with E-state index in [-0.39, 0.29) is 0 Å². The van der Waals surface area contributed by atoms with Crippen LogP contribution in [-0.4, -0.2) is 34.9 Å². The van der Waals surface area contributed by atoms with Crippen molar-refractivity contribution in [3.8, 4) is 17.1 Å². The minimum atomic E-state index is -1.02. The molecule has 0 radical (unpaired) electrons. The molecule has 6 nitrogen and oxygen atoms in total. The Morgan fingerprint density at radius 3 is 2.95 bits per heavy atom. The van der Waals surface area contributed by atoms with Crippen LogP contribution in [-0.2, 0) is 5.60 Å². The number of nitrogens with zero attached hydrogens (tertiary/aromatic N) is 2. The summed E-state index contributed by atoms with van der Waals surface area (Å²) in [5.74, 6) is 1.53. The molecule has 0 aliphatic carbocycles. The predicted octanol–water partition coefficient (Wildman–Crippen LogP) is 1.71. The van der Waals surface area contributed by atoms with Gasteiger partial charge in [-0.2, -0.15) is 4.98 Å². The van der Waals surface area contributed by atoms with Crippen LogP contribution < -0.4 is 10.1 Å². The Bertz CT molecular complexity index is 606. The average molecular weight is 289 g/mol. The van der Waals surface area contributed by atoms with Crippen LogP contribution >= 0.6 is 0 Å². The minimum absolute atomic E-state index is 0.292. The SMILES string of the molecule is CCOc1cccc(-c2noc(C3(O)CCNCC3)n2)c1. The lowest BCUT2D eigenvalue weighted by Crippen LogP contribution is -2.39. The van der Waals surface area contributed by atoms with Crippen molar-refractivity contribution < 1.29 is 14.4 Å². The molecule has 6 heteroatoms. The fourth-order valence-electron chi connectivity index (χ4n) is 2.48. The maximum atomic E-state index is 10.6. The van der Waals surface area contributed by atoms with Gasteiger partial charge in [0, 0.05) is 5.56 Å². The monoisotopic (exact) mass is 289 g/mol. The highest BCUT2D eigenvalue weighted by atomic mass is 16.5. The first-order valence-corrected chi connectivity index (χ1v) is 7.22. The molecule has 1 fully saturated rings. The van der Waals surface area contributed by atoms with E-state index in [9.17, 15) is 5.11 Å². The second-order valence-electron chi connectivity index (χ2n) is 5.17. The number of aromatic nitrogens is 2. The molecule has 2 heterocycles. The summed E-state index contributed by atoms with van der Waals surface area (Å²) in [4.78, 5) is 4.37. The van der Waals surface area contributed by atoms with Crippen molar-refractivity contribution in [3.05, 3.63) is 30.2 Å². The fraction of sp³-hybridized carbons (Fsp3) is 0.467. The average Bonchev–Trinajstić information content (AvgIpc) is 2.99. The van der Waals surface area contributed by atoms with Crippen molar-refractivity contribution in [2.75, 3.05) is 19.7 Å². The summed E-state index contributed by atoms with van der Waals surface area (Å²) in [6.45, 7) is 4.03. The van der Waals surface area contributed by atoms with Gasteiger partial charge in [-0.15, -0.1) is 0 Å². The molecule has 21 heavy (non-hydrogen) atoms. The van der Waals surface area contributed by atoms with E-state index in [1.165, 1.54) is 0 Å². The Morgan fingerprint density at radius 1 is 1.38 bits per heavy atom. The molecule has 0 saturated carbocycles. The van der Waals surface area contributed by atoms with Crippen LogP contribution in [0.15, 0.2) is 28.8 Å². The molecular formula is C15H19N3O3. The third-order valence-corrected chi connectivity index (χ3v) is 3.66. The van der Waals surface area contributed by atoms with Crippen molar-refractivity contribution in [2.24, 2.45) is 0 Å². The molecule has 0 atom stereocenters. The van der Waals surface area contributed by atoms with Crippen LogP contribution in [0.1, 0.15) is 25.7 Å². The molecule has 0 bridgehead atoms. The van der Waals surface area contributed by atoms with E-state index in [0.717, 1.165) is 24.4 Å². The highest BCUT2D eigenvalue weighted by Gasteiger charge is 2.37. The van der Waals surface area contributed by atoms with Crippen LogP contribution in [0.5, 0.6) is 5.75 Å².